The Morgan fingerprint density at radius 1 is 1.44 bits per heavy atom. The summed E-state index contributed by atoms with van der Waals surface area (Å²) < 4.78 is 0. The molecule has 0 fully saturated rings. The van der Waals surface area contributed by atoms with E-state index in [9.17, 15) is 4.79 Å². The number of nitrogens with zero attached hydrogens (tertiary/aromatic N) is 1. The Morgan fingerprint density at radius 2 is 2.17 bits per heavy atom. The molecule has 96 valence electrons. The van der Waals surface area contributed by atoms with Gasteiger partial charge < -0.3 is 5.32 Å². The minimum atomic E-state index is -0.115. The minimum absolute atomic E-state index is 0.0923. The molecule has 0 spiro atoms. The lowest BCUT2D eigenvalue weighted by Crippen LogP contribution is -2.35. The first-order valence-corrected chi connectivity index (χ1v) is 6.42. The van der Waals surface area contributed by atoms with E-state index in [-0.39, 0.29) is 18.4 Å². The summed E-state index contributed by atoms with van der Waals surface area (Å²) >= 11 is 11.7. The average Bonchev–Trinajstić information content (AvgIpc) is 2.33. The van der Waals surface area contributed by atoms with E-state index in [4.69, 9.17) is 28.5 Å². The molecule has 1 rings (SSSR count). The maximum absolute atomic E-state index is 11.8. The van der Waals surface area contributed by atoms with Crippen molar-refractivity contribution in [2.24, 2.45) is 0 Å². The van der Waals surface area contributed by atoms with Crippen molar-refractivity contribution in [3.05, 3.63) is 33.8 Å². The minimum Gasteiger partial charge on any atom is -0.352 e. The van der Waals surface area contributed by atoms with Crippen molar-refractivity contribution in [2.75, 3.05) is 0 Å². The zero-order chi connectivity index (χ0) is 13.5. The van der Waals surface area contributed by atoms with Gasteiger partial charge in [-0.25, -0.2) is 0 Å². The van der Waals surface area contributed by atoms with Crippen LogP contribution in [-0.4, -0.2) is 11.9 Å². The highest BCUT2D eigenvalue weighted by Crippen LogP contribution is 2.22. The van der Waals surface area contributed by atoms with Crippen molar-refractivity contribution in [3.8, 4) is 6.07 Å². The molecule has 0 aliphatic rings. The topological polar surface area (TPSA) is 52.9 Å². The molecule has 0 aliphatic heterocycles. The second-order valence-corrected chi connectivity index (χ2v) is 4.77. The first-order chi connectivity index (χ1) is 8.56. The third-order valence-electron chi connectivity index (χ3n) is 2.54. The Bertz CT molecular complexity index is 469. The molecule has 0 saturated carbocycles. The summed E-state index contributed by atoms with van der Waals surface area (Å²) in [5.41, 5.74) is 0.800. The number of carbonyl (C=O) groups is 1. The smallest absolute Gasteiger partial charge is 0.224 e. The highest BCUT2D eigenvalue weighted by molar-refractivity contribution is 6.42. The predicted octanol–water partition coefficient (Wildman–Crippen LogP) is 3.34. The highest BCUT2D eigenvalue weighted by Gasteiger charge is 2.11. The van der Waals surface area contributed by atoms with Gasteiger partial charge in [-0.05, 0) is 24.1 Å². The van der Waals surface area contributed by atoms with Gasteiger partial charge in [0.2, 0.25) is 5.91 Å². The quantitative estimate of drug-likeness (QED) is 0.902. The molecule has 1 unspecified atom stereocenters. The molecular formula is C13H14Cl2N2O. The van der Waals surface area contributed by atoms with Gasteiger partial charge in [-0.3, -0.25) is 4.79 Å². The number of nitrogens with one attached hydrogen (secondary N) is 1. The standard InChI is InChI=1S/C13H14Cl2N2O/c1-2-10(5-6-16)17-13(18)8-9-3-4-11(14)12(15)7-9/h3-4,7,10H,2,5,8H2,1H3,(H,17,18). The molecule has 18 heavy (non-hydrogen) atoms. The Kier molecular flexibility index (Phi) is 5.97. The maximum atomic E-state index is 11.8. The number of hydrogen-bond donors (Lipinski definition) is 1. The fourth-order valence-corrected chi connectivity index (χ4v) is 1.84. The van der Waals surface area contributed by atoms with Gasteiger partial charge in [0.05, 0.1) is 29.0 Å². The van der Waals surface area contributed by atoms with Crippen LogP contribution in [0.3, 0.4) is 0 Å². The van der Waals surface area contributed by atoms with Crippen LogP contribution >= 0.6 is 23.2 Å². The Balaban J connectivity index is 2.59. The van der Waals surface area contributed by atoms with Crippen LogP contribution in [0.2, 0.25) is 10.0 Å². The summed E-state index contributed by atoms with van der Waals surface area (Å²) in [6.07, 6.45) is 1.29. The molecule has 0 heterocycles. The van der Waals surface area contributed by atoms with E-state index in [0.29, 0.717) is 16.5 Å². The number of halogens is 2. The van der Waals surface area contributed by atoms with Crippen molar-refractivity contribution < 1.29 is 4.79 Å². The van der Waals surface area contributed by atoms with Gasteiger partial charge in [0.1, 0.15) is 0 Å². The van der Waals surface area contributed by atoms with Gasteiger partial charge >= 0.3 is 0 Å². The lowest BCUT2D eigenvalue weighted by Gasteiger charge is -2.13. The van der Waals surface area contributed by atoms with Crippen LogP contribution in [0.1, 0.15) is 25.3 Å². The highest BCUT2D eigenvalue weighted by atomic mass is 35.5. The molecule has 1 atom stereocenters. The van der Waals surface area contributed by atoms with E-state index in [0.717, 1.165) is 12.0 Å². The van der Waals surface area contributed by atoms with E-state index in [1.54, 1.807) is 18.2 Å². The zero-order valence-electron chi connectivity index (χ0n) is 10.0. The van der Waals surface area contributed by atoms with Crippen molar-refractivity contribution in [3.63, 3.8) is 0 Å². The average molecular weight is 285 g/mol. The molecule has 0 radical (unpaired) electrons. The number of nitriles is 1. The fraction of sp³-hybridized carbons (Fsp3) is 0.385. The summed E-state index contributed by atoms with van der Waals surface area (Å²) in [6.45, 7) is 1.93. The normalized spacial score (nSPS) is 11.7. The van der Waals surface area contributed by atoms with Crippen molar-refractivity contribution in [1.82, 2.24) is 5.32 Å². The molecule has 5 heteroatoms. The second kappa shape index (κ2) is 7.25. The molecule has 0 aromatic heterocycles. The molecule has 0 bridgehead atoms. The van der Waals surface area contributed by atoms with Crippen LogP contribution in [0.15, 0.2) is 18.2 Å². The van der Waals surface area contributed by atoms with Crippen molar-refractivity contribution >= 4 is 29.1 Å². The van der Waals surface area contributed by atoms with Gasteiger partial charge in [0.25, 0.3) is 0 Å². The SMILES string of the molecule is CCC(CC#N)NC(=O)Cc1ccc(Cl)c(Cl)c1. The van der Waals surface area contributed by atoms with Crippen LogP contribution in [0, 0.1) is 11.3 Å². The molecular weight excluding hydrogens is 271 g/mol. The molecule has 1 N–H and O–H groups in total. The van der Waals surface area contributed by atoms with Crippen LogP contribution < -0.4 is 5.32 Å². The second-order valence-electron chi connectivity index (χ2n) is 3.96. The van der Waals surface area contributed by atoms with E-state index in [1.165, 1.54) is 0 Å². The molecule has 3 nitrogen and oxygen atoms in total. The Labute approximate surface area is 117 Å². The van der Waals surface area contributed by atoms with Gasteiger partial charge in [-0.15, -0.1) is 0 Å². The largest absolute Gasteiger partial charge is 0.352 e. The number of carbonyl (C=O) groups excluding carboxylic acids is 1. The van der Waals surface area contributed by atoms with Gasteiger partial charge in [-0.1, -0.05) is 36.2 Å². The van der Waals surface area contributed by atoms with Gasteiger partial charge in [0.15, 0.2) is 0 Å². The first-order valence-electron chi connectivity index (χ1n) is 5.67. The van der Waals surface area contributed by atoms with Gasteiger partial charge in [-0.2, -0.15) is 5.26 Å². The summed E-state index contributed by atoms with van der Waals surface area (Å²) in [5, 5.41) is 12.3. The van der Waals surface area contributed by atoms with E-state index >= 15 is 0 Å². The van der Waals surface area contributed by atoms with Crippen LogP contribution in [0.4, 0.5) is 0 Å². The number of hydrogen-bond acceptors (Lipinski definition) is 2. The first kappa shape index (κ1) is 14.8. The number of amides is 1. The predicted molar refractivity (Wildman–Crippen MR) is 72.6 cm³/mol. The summed E-state index contributed by atoms with van der Waals surface area (Å²) in [6, 6.07) is 7.06. The maximum Gasteiger partial charge on any atom is 0.224 e. The third-order valence-corrected chi connectivity index (χ3v) is 3.28. The lowest BCUT2D eigenvalue weighted by atomic mass is 10.1. The van der Waals surface area contributed by atoms with Crippen molar-refractivity contribution in [2.45, 2.75) is 32.2 Å². The number of rotatable bonds is 5. The number of benzene rings is 1. The third kappa shape index (κ3) is 4.56. The van der Waals surface area contributed by atoms with E-state index in [1.807, 2.05) is 6.92 Å². The Hall–Kier alpha value is -1.24. The molecule has 0 aliphatic carbocycles. The van der Waals surface area contributed by atoms with Crippen LogP contribution in [-0.2, 0) is 11.2 Å². The summed E-state index contributed by atoms with van der Waals surface area (Å²) in [4.78, 5) is 11.8. The lowest BCUT2D eigenvalue weighted by molar-refractivity contribution is -0.121. The van der Waals surface area contributed by atoms with Crippen LogP contribution in [0.5, 0.6) is 0 Å². The summed E-state index contributed by atoms with van der Waals surface area (Å²) in [7, 11) is 0. The fourth-order valence-electron chi connectivity index (χ4n) is 1.52. The molecule has 1 amide bonds. The molecule has 1 aromatic rings. The Morgan fingerprint density at radius 3 is 2.72 bits per heavy atom. The zero-order valence-corrected chi connectivity index (χ0v) is 11.6. The van der Waals surface area contributed by atoms with E-state index in [2.05, 4.69) is 11.4 Å². The monoisotopic (exact) mass is 284 g/mol. The van der Waals surface area contributed by atoms with E-state index < -0.39 is 0 Å². The molecule has 0 saturated heterocycles. The van der Waals surface area contributed by atoms with Crippen LogP contribution in [0.25, 0.3) is 0 Å². The summed E-state index contributed by atoms with van der Waals surface area (Å²) in [5.74, 6) is -0.115. The van der Waals surface area contributed by atoms with Crippen molar-refractivity contribution in [1.29, 1.82) is 5.26 Å². The van der Waals surface area contributed by atoms with Gasteiger partial charge in [0, 0.05) is 6.04 Å². The molecule has 1 aromatic carbocycles.